The Bertz CT molecular complexity index is 213. The van der Waals surface area contributed by atoms with Crippen LogP contribution in [0.25, 0.3) is 0 Å². The van der Waals surface area contributed by atoms with Crippen LogP contribution < -0.4 is 0 Å². The van der Waals surface area contributed by atoms with E-state index in [1.54, 1.807) is 0 Å². The van der Waals surface area contributed by atoms with Crippen molar-refractivity contribution in [2.45, 2.75) is 50.6 Å². The molecule has 3 aliphatic rings. The first-order valence-electron chi connectivity index (χ1n) is 5.46. The Kier molecular flexibility index (Phi) is 1.27. The van der Waals surface area contributed by atoms with Gasteiger partial charge in [-0.1, -0.05) is 6.42 Å². The van der Waals surface area contributed by atoms with E-state index in [1.807, 2.05) is 0 Å². The highest BCUT2D eigenvalue weighted by molar-refractivity contribution is 5.13. The third kappa shape index (κ3) is 0.618. The highest BCUT2D eigenvalue weighted by Crippen LogP contribution is 2.58. The van der Waals surface area contributed by atoms with Gasteiger partial charge in [0.15, 0.2) is 0 Å². The molecule has 2 saturated heterocycles. The molecule has 0 N–H and O–H groups in total. The summed E-state index contributed by atoms with van der Waals surface area (Å²) in [6, 6.07) is 0.961. The van der Waals surface area contributed by atoms with Gasteiger partial charge in [-0.05, 0) is 51.5 Å². The Morgan fingerprint density at radius 1 is 1.25 bits per heavy atom. The number of rotatable bonds is 0. The second-order valence-corrected chi connectivity index (χ2v) is 5.28. The molecule has 1 heteroatoms. The zero-order chi connectivity index (χ0) is 8.34. The molecule has 3 fully saturated rings. The lowest BCUT2D eigenvalue weighted by atomic mass is 9.74. The van der Waals surface area contributed by atoms with Crippen molar-refractivity contribution in [2.75, 3.05) is 7.05 Å². The molecule has 4 atom stereocenters. The molecular weight excluding hydrogens is 146 g/mol. The summed E-state index contributed by atoms with van der Waals surface area (Å²) in [4.78, 5) is 2.70. The minimum atomic E-state index is 0.603. The Balaban J connectivity index is 2.01. The maximum atomic E-state index is 2.70. The maximum Gasteiger partial charge on any atom is 0.0213 e. The van der Waals surface area contributed by atoms with Crippen LogP contribution in [0.1, 0.15) is 39.0 Å². The molecule has 1 nitrogen and oxygen atoms in total. The molecule has 0 aromatic rings. The number of hydrogen-bond donors (Lipinski definition) is 0. The third-order valence-electron chi connectivity index (χ3n) is 5.11. The molecular formula is C11H19N. The summed E-state index contributed by atoms with van der Waals surface area (Å²) in [5.41, 5.74) is 0.603. The van der Waals surface area contributed by atoms with E-state index in [1.165, 1.54) is 32.1 Å². The van der Waals surface area contributed by atoms with Crippen molar-refractivity contribution in [3.8, 4) is 0 Å². The van der Waals surface area contributed by atoms with Crippen LogP contribution in [0, 0.1) is 11.8 Å². The van der Waals surface area contributed by atoms with E-state index in [0.717, 1.165) is 17.9 Å². The molecule has 2 aliphatic heterocycles. The Morgan fingerprint density at radius 3 is 2.83 bits per heavy atom. The highest BCUT2D eigenvalue weighted by Gasteiger charge is 2.59. The predicted molar refractivity (Wildman–Crippen MR) is 50.0 cm³/mol. The fraction of sp³-hybridized carbons (Fsp3) is 1.00. The van der Waals surface area contributed by atoms with Crippen LogP contribution in [0.15, 0.2) is 0 Å². The average molecular weight is 165 g/mol. The molecule has 68 valence electrons. The maximum absolute atomic E-state index is 2.70. The van der Waals surface area contributed by atoms with Crippen molar-refractivity contribution in [2.24, 2.45) is 11.8 Å². The van der Waals surface area contributed by atoms with Crippen molar-refractivity contribution >= 4 is 0 Å². The van der Waals surface area contributed by atoms with Gasteiger partial charge in [-0.25, -0.2) is 0 Å². The van der Waals surface area contributed by atoms with Gasteiger partial charge >= 0.3 is 0 Å². The molecule has 1 aliphatic carbocycles. The molecule has 2 heterocycles. The van der Waals surface area contributed by atoms with Crippen LogP contribution in [0.3, 0.4) is 0 Å². The quantitative estimate of drug-likeness (QED) is 0.532. The lowest BCUT2D eigenvalue weighted by Crippen LogP contribution is -2.39. The topological polar surface area (TPSA) is 3.24 Å². The van der Waals surface area contributed by atoms with Gasteiger partial charge in [-0.2, -0.15) is 0 Å². The summed E-state index contributed by atoms with van der Waals surface area (Å²) in [7, 11) is 2.36. The van der Waals surface area contributed by atoms with E-state index in [-0.39, 0.29) is 0 Å². The Hall–Kier alpha value is -0.0400. The van der Waals surface area contributed by atoms with Crippen LogP contribution >= 0.6 is 0 Å². The molecule has 2 bridgehead atoms. The summed E-state index contributed by atoms with van der Waals surface area (Å²) in [6.45, 7) is 2.50. The van der Waals surface area contributed by atoms with Crippen LogP contribution in [0.5, 0.6) is 0 Å². The van der Waals surface area contributed by atoms with E-state index in [4.69, 9.17) is 0 Å². The molecule has 0 aromatic heterocycles. The summed E-state index contributed by atoms with van der Waals surface area (Å²) >= 11 is 0. The molecule has 1 saturated carbocycles. The van der Waals surface area contributed by atoms with Crippen molar-refractivity contribution in [3.05, 3.63) is 0 Å². The van der Waals surface area contributed by atoms with Gasteiger partial charge in [-0.15, -0.1) is 0 Å². The summed E-state index contributed by atoms with van der Waals surface area (Å²) in [5, 5.41) is 0. The predicted octanol–water partition coefficient (Wildman–Crippen LogP) is 2.27. The smallest absolute Gasteiger partial charge is 0.0213 e. The third-order valence-corrected chi connectivity index (χ3v) is 5.11. The first kappa shape index (κ1) is 7.37. The van der Waals surface area contributed by atoms with Crippen molar-refractivity contribution in [1.29, 1.82) is 0 Å². The minimum Gasteiger partial charge on any atom is -0.297 e. The van der Waals surface area contributed by atoms with Gasteiger partial charge < -0.3 is 0 Å². The van der Waals surface area contributed by atoms with E-state index in [2.05, 4.69) is 18.9 Å². The molecule has 12 heavy (non-hydrogen) atoms. The number of hydrogen-bond acceptors (Lipinski definition) is 1. The fourth-order valence-corrected chi connectivity index (χ4v) is 4.36. The Morgan fingerprint density at radius 2 is 2.08 bits per heavy atom. The van der Waals surface area contributed by atoms with E-state index < -0.39 is 0 Å². The van der Waals surface area contributed by atoms with Gasteiger partial charge in [-0.3, -0.25) is 4.90 Å². The van der Waals surface area contributed by atoms with Gasteiger partial charge in [0.2, 0.25) is 0 Å². The van der Waals surface area contributed by atoms with E-state index in [0.29, 0.717) is 5.54 Å². The average Bonchev–Trinajstić information content (AvgIpc) is 2.64. The molecule has 0 spiro atoms. The standard InChI is InChI=1S/C11H19N/c1-11-7-6-10(12(11)2)8-4-3-5-9(8)11/h8-10H,3-7H2,1-2H3. The SMILES string of the molecule is CN1C2CCC1(C)C1CCCC21. The van der Waals surface area contributed by atoms with Gasteiger partial charge in [0, 0.05) is 11.6 Å². The van der Waals surface area contributed by atoms with E-state index in [9.17, 15) is 0 Å². The number of fused-ring (bicyclic) bond motifs is 5. The highest BCUT2D eigenvalue weighted by atomic mass is 15.3. The van der Waals surface area contributed by atoms with Crippen molar-refractivity contribution < 1.29 is 0 Å². The van der Waals surface area contributed by atoms with E-state index >= 15 is 0 Å². The molecule has 0 aromatic carbocycles. The first-order chi connectivity index (χ1) is 5.73. The molecule has 4 unspecified atom stereocenters. The van der Waals surface area contributed by atoms with Crippen LogP contribution in [-0.4, -0.2) is 23.5 Å². The monoisotopic (exact) mass is 165 g/mol. The van der Waals surface area contributed by atoms with Crippen molar-refractivity contribution in [3.63, 3.8) is 0 Å². The normalized spacial score (nSPS) is 58.0. The second kappa shape index (κ2) is 2.06. The molecule has 3 rings (SSSR count). The van der Waals surface area contributed by atoms with Gasteiger partial charge in [0.05, 0.1) is 0 Å². The van der Waals surface area contributed by atoms with Gasteiger partial charge in [0.1, 0.15) is 0 Å². The summed E-state index contributed by atoms with van der Waals surface area (Å²) < 4.78 is 0. The summed E-state index contributed by atoms with van der Waals surface area (Å²) in [6.07, 6.45) is 7.50. The lowest BCUT2D eigenvalue weighted by molar-refractivity contribution is 0.167. The summed E-state index contributed by atoms with van der Waals surface area (Å²) in [5.74, 6) is 2.13. The first-order valence-corrected chi connectivity index (χ1v) is 5.46. The van der Waals surface area contributed by atoms with Gasteiger partial charge in [0.25, 0.3) is 0 Å². The second-order valence-electron chi connectivity index (χ2n) is 5.28. The molecule has 0 amide bonds. The van der Waals surface area contributed by atoms with Crippen molar-refractivity contribution in [1.82, 2.24) is 4.90 Å². The lowest BCUT2D eigenvalue weighted by Gasteiger charge is -2.33. The Labute approximate surface area is 75.1 Å². The van der Waals surface area contributed by atoms with Crippen LogP contribution in [0.4, 0.5) is 0 Å². The minimum absolute atomic E-state index is 0.603. The van der Waals surface area contributed by atoms with Crippen LogP contribution in [0.2, 0.25) is 0 Å². The zero-order valence-electron chi connectivity index (χ0n) is 8.21. The number of nitrogens with zero attached hydrogens (tertiary/aromatic N) is 1. The van der Waals surface area contributed by atoms with Crippen LogP contribution in [-0.2, 0) is 0 Å². The zero-order valence-corrected chi connectivity index (χ0v) is 8.21. The largest absolute Gasteiger partial charge is 0.297 e. The molecule has 0 radical (unpaired) electrons. The fourth-order valence-electron chi connectivity index (χ4n) is 4.36.